The van der Waals surface area contributed by atoms with Gasteiger partial charge < -0.3 is 9.73 Å². The average molecular weight is 242 g/mol. The normalized spacial score (nSPS) is 31.1. The van der Waals surface area contributed by atoms with Crippen molar-refractivity contribution in [2.75, 3.05) is 6.54 Å². The van der Waals surface area contributed by atoms with Crippen molar-refractivity contribution < 1.29 is 4.42 Å². The number of aromatic nitrogens is 1. The SMILES string of the molecule is Cc1cccc2nc(C3NCC4CCCC43)oc12. The molecule has 3 atom stereocenters. The molecule has 2 heterocycles. The fourth-order valence-electron chi connectivity index (χ4n) is 3.69. The van der Waals surface area contributed by atoms with Gasteiger partial charge in [-0.25, -0.2) is 4.98 Å². The minimum absolute atomic E-state index is 0.337. The highest BCUT2D eigenvalue weighted by molar-refractivity contribution is 5.76. The van der Waals surface area contributed by atoms with E-state index in [0.717, 1.165) is 35.4 Å². The molecule has 2 fully saturated rings. The van der Waals surface area contributed by atoms with Gasteiger partial charge in [0.1, 0.15) is 5.52 Å². The molecule has 1 saturated heterocycles. The third-order valence-corrected chi connectivity index (χ3v) is 4.64. The number of nitrogens with zero attached hydrogens (tertiary/aromatic N) is 1. The number of nitrogens with one attached hydrogen (secondary N) is 1. The van der Waals surface area contributed by atoms with Crippen molar-refractivity contribution in [1.29, 1.82) is 0 Å². The zero-order valence-corrected chi connectivity index (χ0v) is 10.6. The van der Waals surface area contributed by atoms with Gasteiger partial charge in [0, 0.05) is 0 Å². The van der Waals surface area contributed by atoms with Gasteiger partial charge in [0.15, 0.2) is 5.58 Å². The van der Waals surface area contributed by atoms with Crippen molar-refractivity contribution in [3.8, 4) is 0 Å². The Morgan fingerprint density at radius 1 is 1.33 bits per heavy atom. The summed E-state index contributed by atoms with van der Waals surface area (Å²) in [5.41, 5.74) is 3.12. The maximum absolute atomic E-state index is 6.02. The maximum Gasteiger partial charge on any atom is 0.212 e. The molecular weight excluding hydrogens is 224 g/mol. The van der Waals surface area contributed by atoms with Gasteiger partial charge in [-0.05, 0) is 49.8 Å². The van der Waals surface area contributed by atoms with Crippen LogP contribution in [-0.2, 0) is 0 Å². The summed E-state index contributed by atoms with van der Waals surface area (Å²) in [6.07, 6.45) is 4.06. The first-order valence-corrected chi connectivity index (χ1v) is 6.92. The third-order valence-electron chi connectivity index (χ3n) is 4.64. The Hall–Kier alpha value is -1.35. The average Bonchev–Trinajstić information content (AvgIpc) is 3.02. The monoisotopic (exact) mass is 242 g/mol. The van der Waals surface area contributed by atoms with Crippen LogP contribution in [0.3, 0.4) is 0 Å². The summed E-state index contributed by atoms with van der Waals surface area (Å²) >= 11 is 0. The van der Waals surface area contributed by atoms with Crippen LogP contribution in [0, 0.1) is 18.8 Å². The maximum atomic E-state index is 6.02. The molecule has 1 aliphatic heterocycles. The molecule has 0 bridgehead atoms. The number of fused-ring (bicyclic) bond motifs is 2. The molecule has 2 aliphatic rings. The molecule has 1 N–H and O–H groups in total. The predicted molar refractivity (Wildman–Crippen MR) is 70.3 cm³/mol. The first kappa shape index (κ1) is 10.6. The Morgan fingerprint density at radius 3 is 3.17 bits per heavy atom. The summed E-state index contributed by atoms with van der Waals surface area (Å²) < 4.78 is 6.02. The lowest BCUT2D eigenvalue weighted by Crippen LogP contribution is -2.17. The fraction of sp³-hybridized carbons (Fsp3) is 0.533. The Morgan fingerprint density at radius 2 is 2.28 bits per heavy atom. The Balaban J connectivity index is 1.76. The largest absolute Gasteiger partial charge is 0.439 e. The predicted octanol–water partition coefficient (Wildman–Crippen LogP) is 3.20. The molecule has 4 rings (SSSR count). The van der Waals surface area contributed by atoms with E-state index in [0.29, 0.717) is 6.04 Å². The molecule has 1 saturated carbocycles. The zero-order valence-electron chi connectivity index (χ0n) is 10.6. The van der Waals surface area contributed by atoms with Crippen LogP contribution in [0.1, 0.15) is 36.8 Å². The van der Waals surface area contributed by atoms with E-state index in [-0.39, 0.29) is 0 Å². The molecule has 1 aromatic heterocycles. The van der Waals surface area contributed by atoms with Crippen LogP contribution in [0.15, 0.2) is 22.6 Å². The second-order valence-electron chi connectivity index (χ2n) is 5.72. The van der Waals surface area contributed by atoms with Gasteiger partial charge in [-0.2, -0.15) is 0 Å². The standard InChI is InChI=1S/C15H18N2O/c1-9-4-2-7-12-14(9)18-15(17-12)13-11-6-3-5-10(11)8-16-13/h2,4,7,10-11,13,16H,3,5-6,8H2,1H3. The smallest absolute Gasteiger partial charge is 0.212 e. The summed E-state index contributed by atoms with van der Waals surface area (Å²) in [6.45, 7) is 3.21. The lowest BCUT2D eigenvalue weighted by atomic mass is 9.94. The van der Waals surface area contributed by atoms with Gasteiger partial charge in [0.25, 0.3) is 0 Å². The van der Waals surface area contributed by atoms with Gasteiger partial charge >= 0.3 is 0 Å². The summed E-state index contributed by atoms with van der Waals surface area (Å²) in [7, 11) is 0. The van der Waals surface area contributed by atoms with Crippen LogP contribution in [0.4, 0.5) is 0 Å². The second kappa shape index (κ2) is 3.82. The van der Waals surface area contributed by atoms with Gasteiger partial charge in [0.2, 0.25) is 5.89 Å². The number of para-hydroxylation sites is 1. The molecule has 3 heteroatoms. The first-order valence-electron chi connectivity index (χ1n) is 6.92. The van der Waals surface area contributed by atoms with Crippen LogP contribution >= 0.6 is 0 Å². The van der Waals surface area contributed by atoms with Crippen molar-refractivity contribution in [3.05, 3.63) is 29.7 Å². The highest BCUT2D eigenvalue weighted by Gasteiger charge is 2.41. The number of oxazole rings is 1. The lowest BCUT2D eigenvalue weighted by molar-refractivity contribution is 0.356. The zero-order chi connectivity index (χ0) is 12.1. The summed E-state index contributed by atoms with van der Waals surface area (Å²) in [5.74, 6) is 2.47. The molecule has 3 nitrogen and oxygen atoms in total. The first-order chi connectivity index (χ1) is 8.83. The minimum atomic E-state index is 0.337. The molecule has 0 spiro atoms. The molecule has 3 unspecified atom stereocenters. The number of hydrogen-bond acceptors (Lipinski definition) is 3. The topological polar surface area (TPSA) is 38.1 Å². The third kappa shape index (κ3) is 1.43. The summed E-state index contributed by atoms with van der Waals surface area (Å²) in [4.78, 5) is 4.69. The van der Waals surface area contributed by atoms with Crippen LogP contribution < -0.4 is 5.32 Å². The molecule has 1 aromatic carbocycles. The van der Waals surface area contributed by atoms with Crippen LogP contribution in [-0.4, -0.2) is 11.5 Å². The van der Waals surface area contributed by atoms with E-state index < -0.39 is 0 Å². The van der Waals surface area contributed by atoms with Crippen molar-refractivity contribution in [2.45, 2.75) is 32.2 Å². The van der Waals surface area contributed by atoms with Gasteiger partial charge in [-0.3, -0.25) is 0 Å². The van der Waals surface area contributed by atoms with Gasteiger partial charge in [-0.15, -0.1) is 0 Å². The molecule has 0 amide bonds. The Bertz CT molecular complexity index is 589. The highest BCUT2D eigenvalue weighted by Crippen LogP contribution is 2.44. The van der Waals surface area contributed by atoms with Crippen molar-refractivity contribution >= 4 is 11.1 Å². The van der Waals surface area contributed by atoms with E-state index in [9.17, 15) is 0 Å². The molecule has 2 aromatic rings. The highest BCUT2D eigenvalue weighted by atomic mass is 16.3. The molecule has 18 heavy (non-hydrogen) atoms. The fourth-order valence-corrected chi connectivity index (χ4v) is 3.69. The van der Waals surface area contributed by atoms with Crippen molar-refractivity contribution in [2.24, 2.45) is 11.8 Å². The summed E-state index contributed by atoms with van der Waals surface area (Å²) in [5, 5.41) is 3.60. The van der Waals surface area contributed by atoms with Crippen molar-refractivity contribution in [3.63, 3.8) is 0 Å². The van der Waals surface area contributed by atoms with Crippen LogP contribution in [0.5, 0.6) is 0 Å². The Kier molecular flexibility index (Phi) is 2.24. The van der Waals surface area contributed by atoms with Gasteiger partial charge in [0.05, 0.1) is 6.04 Å². The van der Waals surface area contributed by atoms with Crippen LogP contribution in [0.25, 0.3) is 11.1 Å². The Labute approximate surface area is 107 Å². The molecular formula is C15H18N2O. The number of aryl methyl sites for hydroxylation is 1. The van der Waals surface area contributed by atoms with E-state index in [1.165, 1.54) is 24.8 Å². The minimum Gasteiger partial charge on any atom is -0.439 e. The lowest BCUT2D eigenvalue weighted by Gasteiger charge is -2.13. The number of benzene rings is 1. The second-order valence-corrected chi connectivity index (χ2v) is 5.72. The molecule has 94 valence electrons. The van der Waals surface area contributed by atoms with Crippen LogP contribution in [0.2, 0.25) is 0 Å². The van der Waals surface area contributed by atoms with Crippen molar-refractivity contribution in [1.82, 2.24) is 10.3 Å². The van der Waals surface area contributed by atoms with E-state index in [4.69, 9.17) is 4.42 Å². The quantitative estimate of drug-likeness (QED) is 0.834. The molecule has 0 radical (unpaired) electrons. The van der Waals surface area contributed by atoms with E-state index in [1.54, 1.807) is 0 Å². The number of rotatable bonds is 1. The van der Waals surface area contributed by atoms with E-state index in [1.807, 2.05) is 12.1 Å². The summed E-state index contributed by atoms with van der Waals surface area (Å²) in [6, 6.07) is 6.50. The van der Waals surface area contributed by atoms with E-state index in [2.05, 4.69) is 23.3 Å². The number of hydrogen-bond donors (Lipinski definition) is 1. The van der Waals surface area contributed by atoms with Gasteiger partial charge in [-0.1, -0.05) is 18.6 Å². The molecule has 1 aliphatic carbocycles. The van der Waals surface area contributed by atoms with E-state index >= 15 is 0 Å².